The lowest BCUT2D eigenvalue weighted by Gasteiger charge is -2.40. The number of ether oxygens (including phenoxy) is 1. The van der Waals surface area contributed by atoms with E-state index in [0.29, 0.717) is 45.9 Å². The van der Waals surface area contributed by atoms with Crippen molar-refractivity contribution in [2.45, 2.75) is 31.8 Å². The van der Waals surface area contributed by atoms with Crippen molar-refractivity contribution in [2.75, 3.05) is 44.7 Å². The van der Waals surface area contributed by atoms with E-state index < -0.39 is 5.97 Å². The van der Waals surface area contributed by atoms with Crippen LogP contribution in [0.15, 0.2) is 42.7 Å². The van der Waals surface area contributed by atoms with Gasteiger partial charge < -0.3 is 19.6 Å². The predicted octanol–water partition coefficient (Wildman–Crippen LogP) is 5.07. The van der Waals surface area contributed by atoms with Gasteiger partial charge in [0, 0.05) is 66.2 Å². The molecule has 0 amide bonds. The molecule has 9 nitrogen and oxygen atoms in total. The molecule has 5 heterocycles. The monoisotopic (exact) mass is 582 g/mol. The van der Waals surface area contributed by atoms with Crippen molar-refractivity contribution in [3.63, 3.8) is 0 Å². The third kappa shape index (κ3) is 6.17. The number of hydrogen-bond donors (Lipinski definition) is 1. The van der Waals surface area contributed by atoms with Gasteiger partial charge in [-0.3, -0.25) is 9.69 Å². The lowest BCUT2D eigenvalue weighted by molar-refractivity contribution is -0.138. The van der Waals surface area contributed by atoms with Crippen LogP contribution >= 0.6 is 23.2 Å². The number of carboxylic acids is 1. The molecule has 0 bridgehead atoms. The molecule has 3 aliphatic rings. The third-order valence-corrected chi connectivity index (χ3v) is 8.65. The molecule has 2 aromatic heterocycles. The number of benzene rings is 1. The number of rotatable bonds is 8. The van der Waals surface area contributed by atoms with E-state index in [4.69, 9.17) is 38.0 Å². The molecule has 0 saturated carbocycles. The largest absolute Gasteiger partial charge is 0.481 e. The number of likely N-dealkylation sites (tertiary alicyclic amines) is 2. The Labute approximate surface area is 243 Å². The van der Waals surface area contributed by atoms with Gasteiger partial charge in [-0.1, -0.05) is 23.2 Å². The quantitative estimate of drug-likeness (QED) is 0.390. The first-order chi connectivity index (χ1) is 19.3. The van der Waals surface area contributed by atoms with Crippen LogP contribution in [0.3, 0.4) is 0 Å². The molecule has 6 rings (SSSR count). The van der Waals surface area contributed by atoms with Gasteiger partial charge in [-0.25, -0.2) is 15.0 Å². The van der Waals surface area contributed by atoms with Crippen LogP contribution in [-0.2, 0) is 11.3 Å². The fourth-order valence-corrected chi connectivity index (χ4v) is 6.64. The number of piperidine rings is 1. The second kappa shape index (κ2) is 11.5. The van der Waals surface area contributed by atoms with Gasteiger partial charge in [0.2, 0.25) is 11.8 Å². The molecule has 0 radical (unpaired) electrons. The van der Waals surface area contributed by atoms with Crippen LogP contribution in [0.1, 0.15) is 24.8 Å². The average molecular weight is 584 g/mol. The van der Waals surface area contributed by atoms with Crippen LogP contribution < -0.4 is 9.64 Å². The topological polar surface area (TPSA) is 94.9 Å². The average Bonchev–Trinajstić information content (AvgIpc) is 3.26. The number of aliphatic carboxylic acids is 1. The van der Waals surface area contributed by atoms with E-state index in [0.717, 1.165) is 62.6 Å². The predicted molar refractivity (Wildman–Crippen MR) is 154 cm³/mol. The Hall–Kier alpha value is -2.98. The van der Waals surface area contributed by atoms with Crippen LogP contribution in [-0.4, -0.2) is 81.6 Å². The summed E-state index contributed by atoms with van der Waals surface area (Å²) in [7, 11) is 2.16. The number of anilines is 1. The first-order valence-electron chi connectivity index (χ1n) is 13.7. The summed E-state index contributed by atoms with van der Waals surface area (Å²) in [5.41, 5.74) is 2.53. The Bertz CT molecular complexity index is 1360. The maximum atomic E-state index is 11.1. The summed E-state index contributed by atoms with van der Waals surface area (Å²) in [4.78, 5) is 32.0. The van der Waals surface area contributed by atoms with Gasteiger partial charge in [-0.05, 0) is 68.7 Å². The minimum atomic E-state index is -0.726. The van der Waals surface area contributed by atoms with E-state index in [2.05, 4.69) is 31.7 Å². The number of carboxylic acid groups (broad SMARTS) is 1. The van der Waals surface area contributed by atoms with Gasteiger partial charge in [0.05, 0.1) is 18.1 Å². The van der Waals surface area contributed by atoms with Crippen molar-refractivity contribution in [3.8, 4) is 22.9 Å². The molecule has 0 aliphatic carbocycles. The number of aromatic nitrogens is 3. The Balaban J connectivity index is 1.20. The van der Waals surface area contributed by atoms with Crippen LogP contribution in [0.4, 0.5) is 5.95 Å². The van der Waals surface area contributed by atoms with E-state index in [-0.39, 0.29) is 12.3 Å². The minimum absolute atomic E-state index is 0.230. The highest BCUT2D eigenvalue weighted by Gasteiger charge is 2.44. The smallest absolute Gasteiger partial charge is 0.303 e. The van der Waals surface area contributed by atoms with E-state index in [1.165, 1.54) is 0 Å². The molecule has 210 valence electrons. The van der Waals surface area contributed by atoms with Crippen molar-refractivity contribution in [3.05, 3.63) is 58.3 Å². The highest BCUT2D eigenvalue weighted by atomic mass is 35.5. The number of likely N-dealkylation sites (N-methyl/N-ethyl adjacent to an activating group) is 1. The van der Waals surface area contributed by atoms with E-state index in [9.17, 15) is 4.79 Å². The standard InChI is InChI=1S/C29H32Cl2N6O3/c1-35-15-21-16-37(17-26(21)35)29-32-12-24(13-33-29)40-27-7-19(14-36-4-2-18(3-5-36)8-28(38)39)6-25(34-27)20-9-22(30)11-23(31)10-20/h6-7,9-13,18,21,26H,2-5,8,14-17H2,1H3,(H,38,39)/t21-,26+/m0/s1. The first kappa shape index (κ1) is 27.2. The highest BCUT2D eigenvalue weighted by Crippen LogP contribution is 2.34. The molecule has 2 atom stereocenters. The van der Waals surface area contributed by atoms with E-state index in [1.807, 2.05) is 24.3 Å². The Morgan fingerprint density at radius 2 is 1.75 bits per heavy atom. The first-order valence-corrected chi connectivity index (χ1v) is 14.4. The van der Waals surface area contributed by atoms with Crippen LogP contribution in [0.5, 0.6) is 11.6 Å². The van der Waals surface area contributed by atoms with Crippen molar-refractivity contribution >= 4 is 35.1 Å². The molecule has 11 heteroatoms. The number of carbonyl (C=O) groups is 1. The molecular weight excluding hydrogens is 551 g/mol. The summed E-state index contributed by atoms with van der Waals surface area (Å²) in [6.45, 7) is 5.45. The molecule has 40 heavy (non-hydrogen) atoms. The zero-order chi connectivity index (χ0) is 27.8. The van der Waals surface area contributed by atoms with Gasteiger partial charge in [0.25, 0.3) is 0 Å². The summed E-state index contributed by atoms with van der Waals surface area (Å²) < 4.78 is 6.17. The van der Waals surface area contributed by atoms with Crippen LogP contribution in [0.2, 0.25) is 10.0 Å². The maximum absolute atomic E-state index is 11.1. The zero-order valence-electron chi connectivity index (χ0n) is 22.3. The van der Waals surface area contributed by atoms with Crippen molar-refractivity contribution < 1.29 is 14.6 Å². The number of pyridine rings is 1. The SMILES string of the molecule is CN1C[C@H]2CN(c3ncc(Oc4cc(CN5CCC(CC(=O)O)CC5)cc(-c5cc(Cl)cc(Cl)c5)n4)cn3)C[C@H]21. The normalized spacial score (nSPS) is 21.7. The van der Waals surface area contributed by atoms with Gasteiger partial charge in [-0.15, -0.1) is 0 Å². The number of hydrogen-bond acceptors (Lipinski definition) is 8. The van der Waals surface area contributed by atoms with E-state index in [1.54, 1.807) is 18.5 Å². The van der Waals surface area contributed by atoms with Crippen molar-refractivity contribution in [1.82, 2.24) is 24.8 Å². The fraction of sp³-hybridized carbons (Fsp3) is 0.448. The van der Waals surface area contributed by atoms with E-state index >= 15 is 0 Å². The van der Waals surface area contributed by atoms with Crippen molar-refractivity contribution in [1.29, 1.82) is 0 Å². The molecule has 0 spiro atoms. The second-order valence-corrected chi connectivity index (χ2v) is 12.0. The third-order valence-electron chi connectivity index (χ3n) is 8.21. The fourth-order valence-electron chi connectivity index (χ4n) is 6.12. The molecule has 1 aromatic carbocycles. The van der Waals surface area contributed by atoms with Crippen LogP contribution in [0.25, 0.3) is 11.3 Å². The van der Waals surface area contributed by atoms with Gasteiger partial charge in [0.15, 0.2) is 5.75 Å². The lowest BCUT2D eigenvalue weighted by Crippen LogP contribution is -2.52. The number of halogens is 2. The molecule has 3 saturated heterocycles. The summed E-state index contributed by atoms with van der Waals surface area (Å²) in [6, 6.07) is 9.90. The van der Waals surface area contributed by atoms with Gasteiger partial charge in [0.1, 0.15) is 0 Å². The summed E-state index contributed by atoms with van der Waals surface area (Å²) >= 11 is 12.6. The Morgan fingerprint density at radius 3 is 2.40 bits per heavy atom. The van der Waals surface area contributed by atoms with Gasteiger partial charge >= 0.3 is 5.97 Å². The maximum Gasteiger partial charge on any atom is 0.303 e. The summed E-state index contributed by atoms with van der Waals surface area (Å²) in [5, 5.41) is 10.2. The molecule has 0 unspecified atom stereocenters. The van der Waals surface area contributed by atoms with Crippen LogP contribution in [0, 0.1) is 11.8 Å². The minimum Gasteiger partial charge on any atom is -0.481 e. The van der Waals surface area contributed by atoms with Crippen molar-refractivity contribution in [2.24, 2.45) is 11.8 Å². The Kier molecular flexibility index (Phi) is 7.81. The number of fused-ring (bicyclic) bond motifs is 1. The zero-order valence-corrected chi connectivity index (χ0v) is 23.9. The molecular formula is C29H32Cl2N6O3. The molecule has 1 N–H and O–H groups in total. The lowest BCUT2D eigenvalue weighted by atomic mass is 9.93. The summed E-state index contributed by atoms with van der Waals surface area (Å²) in [6.07, 6.45) is 5.37. The second-order valence-electron chi connectivity index (χ2n) is 11.2. The van der Waals surface area contributed by atoms with Gasteiger partial charge in [-0.2, -0.15) is 0 Å². The molecule has 3 aliphatic heterocycles. The molecule has 3 fully saturated rings. The summed E-state index contributed by atoms with van der Waals surface area (Å²) in [5.74, 6) is 1.86. The molecule has 3 aromatic rings. The highest BCUT2D eigenvalue weighted by molar-refractivity contribution is 6.35. The number of nitrogens with zero attached hydrogens (tertiary/aromatic N) is 6. The Morgan fingerprint density at radius 1 is 1.02 bits per heavy atom.